The van der Waals surface area contributed by atoms with Gasteiger partial charge in [0.15, 0.2) is 6.61 Å². The van der Waals surface area contributed by atoms with Gasteiger partial charge in [0.05, 0.1) is 12.7 Å². The first-order valence-corrected chi connectivity index (χ1v) is 6.21. The SMILES string of the molecule is CC.CC.COC(=O)c1cnc2c(c1)NC(=O)CO2. The molecule has 0 unspecified atom stereocenters. The van der Waals surface area contributed by atoms with Gasteiger partial charge in [-0.1, -0.05) is 27.7 Å². The lowest BCUT2D eigenvalue weighted by Gasteiger charge is -2.16. The predicted octanol–water partition coefficient (Wildman–Crippen LogP) is 2.25. The number of esters is 1. The monoisotopic (exact) mass is 268 g/mol. The zero-order chi connectivity index (χ0) is 14.8. The van der Waals surface area contributed by atoms with Crippen LogP contribution in [-0.2, 0) is 9.53 Å². The number of rotatable bonds is 1. The van der Waals surface area contributed by atoms with E-state index in [4.69, 9.17) is 4.74 Å². The molecule has 0 bridgehead atoms. The highest BCUT2D eigenvalue weighted by molar-refractivity contribution is 5.97. The van der Waals surface area contributed by atoms with Crippen molar-refractivity contribution in [3.05, 3.63) is 17.8 Å². The third-order valence-electron chi connectivity index (χ3n) is 1.89. The number of aromatic nitrogens is 1. The second-order valence-corrected chi connectivity index (χ2v) is 2.91. The molecule has 0 radical (unpaired) electrons. The van der Waals surface area contributed by atoms with Gasteiger partial charge in [-0.05, 0) is 6.07 Å². The van der Waals surface area contributed by atoms with Gasteiger partial charge < -0.3 is 14.8 Å². The number of carbonyl (C=O) groups is 2. The summed E-state index contributed by atoms with van der Waals surface area (Å²) in [6.07, 6.45) is 1.34. The van der Waals surface area contributed by atoms with Crippen LogP contribution in [0.5, 0.6) is 5.88 Å². The molecule has 1 N–H and O–H groups in total. The van der Waals surface area contributed by atoms with Crippen molar-refractivity contribution in [3.8, 4) is 5.88 Å². The van der Waals surface area contributed by atoms with Gasteiger partial charge in [0.25, 0.3) is 5.91 Å². The summed E-state index contributed by atoms with van der Waals surface area (Å²) < 4.78 is 9.55. The summed E-state index contributed by atoms with van der Waals surface area (Å²) in [7, 11) is 1.27. The maximum Gasteiger partial charge on any atom is 0.339 e. The fourth-order valence-electron chi connectivity index (χ4n) is 1.21. The Hall–Kier alpha value is -2.11. The van der Waals surface area contributed by atoms with Crippen LogP contribution in [0.3, 0.4) is 0 Å². The Balaban J connectivity index is 0.000000741. The van der Waals surface area contributed by atoms with E-state index in [0.717, 1.165) is 0 Å². The summed E-state index contributed by atoms with van der Waals surface area (Å²) >= 11 is 0. The quantitative estimate of drug-likeness (QED) is 0.790. The topological polar surface area (TPSA) is 77.5 Å². The maximum atomic E-state index is 11.2. The minimum absolute atomic E-state index is 0.0580. The molecule has 0 saturated heterocycles. The molecule has 1 aliphatic heterocycles. The normalized spacial score (nSPS) is 11.3. The predicted molar refractivity (Wildman–Crippen MR) is 72.4 cm³/mol. The highest BCUT2D eigenvalue weighted by Gasteiger charge is 2.19. The van der Waals surface area contributed by atoms with Crippen LogP contribution >= 0.6 is 0 Å². The van der Waals surface area contributed by atoms with Crippen LogP contribution in [0, 0.1) is 0 Å². The second-order valence-electron chi connectivity index (χ2n) is 2.91. The molecule has 2 heterocycles. The Bertz CT molecular complexity index is 433. The van der Waals surface area contributed by atoms with E-state index in [1.807, 2.05) is 27.7 Å². The first-order chi connectivity index (χ1) is 9.20. The van der Waals surface area contributed by atoms with Crippen molar-refractivity contribution in [1.29, 1.82) is 0 Å². The Morgan fingerprint density at radius 2 is 2.00 bits per heavy atom. The fourth-order valence-corrected chi connectivity index (χ4v) is 1.21. The summed E-state index contributed by atoms with van der Waals surface area (Å²) in [5.74, 6) is -0.473. The number of ether oxygens (including phenoxy) is 2. The molecular formula is C13H20N2O4. The number of anilines is 1. The summed E-state index contributed by atoms with van der Waals surface area (Å²) in [5, 5.41) is 2.55. The highest BCUT2D eigenvalue weighted by atomic mass is 16.5. The van der Waals surface area contributed by atoms with E-state index in [-0.39, 0.29) is 18.1 Å². The summed E-state index contributed by atoms with van der Waals surface area (Å²) in [5.41, 5.74) is 0.649. The molecule has 0 saturated carbocycles. The third kappa shape index (κ3) is 4.57. The number of hydrogen-bond donors (Lipinski definition) is 1. The van der Waals surface area contributed by atoms with Gasteiger partial charge in [0.2, 0.25) is 5.88 Å². The van der Waals surface area contributed by atoms with E-state index in [9.17, 15) is 9.59 Å². The molecular weight excluding hydrogens is 248 g/mol. The van der Waals surface area contributed by atoms with Crippen molar-refractivity contribution < 1.29 is 19.1 Å². The van der Waals surface area contributed by atoms with E-state index >= 15 is 0 Å². The zero-order valence-electron chi connectivity index (χ0n) is 11.9. The van der Waals surface area contributed by atoms with Crippen LogP contribution in [0.4, 0.5) is 5.69 Å². The minimum Gasteiger partial charge on any atom is -0.466 e. The summed E-state index contributed by atoms with van der Waals surface area (Å²) in [6, 6.07) is 1.46. The van der Waals surface area contributed by atoms with Crippen molar-refractivity contribution in [3.63, 3.8) is 0 Å². The Morgan fingerprint density at radius 1 is 1.37 bits per heavy atom. The Labute approximate surface area is 113 Å². The molecule has 0 aromatic carbocycles. The molecule has 1 amide bonds. The molecule has 0 atom stereocenters. The fraction of sp³-hybridized carbons (Fsp3) is 0.462. The van der Waals surface area contributed by atoms with Gasteiger partial charge >= 0.3 is 5.97 Å². The van der Waals surface area contributed by atoms with E-state index in [0.29, 0.717) is 11.6 Å². The molecule has 6 heteroatoms. The minimum atomic E-state index is -0.509. The van der Waals surface area contributed by atoms with Crippen molar-refractivity contribution in [2.45, 2.75) is 27.7 Å². The van der Waals surface area contributed by atoms with Crippen molar-refractivity contribution in [1.82, 2.24) is 4.98 Å². The van der Waals surface area contributed by atoms with Gasteiger partial charge in [-0.25, -0.2) is 9.78 Å². The van der Waals surface area contributed by atoms with E-state index in [1.165, 1.54) is 19.4 Å². The van der Waals surface area contributed by atoms with Gasteiger partial charge in [-0.3, -0.25) is 4.79 Å². The number of nitrogens with one attached hydrogen (secondary N) is 1. The molecule has 1 aliphatic rings. The average molecular weight is 268 g/mol. The molecule has 19 heavy (non-hydrogen) atoms. The van der Waals surface area contributed by atoms with Crippen LogP contribution in [0.25, 0.3) is 0 Å². The lowest BCUT2D eigenvalue weighted by atomic mass is 10.2. The lowest BCUT2D eigenvalue weighted by Crippen LogP contribution is -2.26. The molecule has 0 spiro atoms. The highest BCUT2D eigenvalue weighted by Crippen LogP contribution is 2.25. The largest absolute Gasteiger partial charge is 0.466 e. The van der Waals surface area contributed by atoms with Crippen molar-refractivity contribution >= 4 is 17.6 Å². The molecule has 2 rings (SSSR count). The Morgan fingerprint density at radius 3 is 2.58 bits per heavy atom. The van der Waals surface area contributed by atoms with Crippen molar-refractivity contribution in [2.24, 2.45) is 0 Å². The van der Waals surface area contributed by atoms with Crippen LogP contribution < -0.4 is 10.1 Å². The van der Waals surface area contributed by atoms with Crippen LogP contribution in [-0.4, -0.2) is 30.6 Å². The van der Waals surface area contributed by atoms with E-state index in [1.54, 1.807) is 0 Å². The molecule has 106 valence electrons. The lowest BCUT2D eigenvalue weighted by molar-refractivity contribution is -0.118. The standard InChI is InChI=1S/C9H8N2O4.2C2H6/c1-14-9(13)5-2-6-8(10-3-5)15-4-7(12)11-6;2*1-2/h2-3H,4H2,1H3,(H,11,12);2*1-2H3. The van der Waals surface area contributed by atoms with Crippen LogP contribution in [0.15, 0.2) is 12.3 Å². The van der Waals surface area contributed by atoms with Crippen LogP contribution in [0.1, 0.15) is 38.1 Å². The number of methoxy groups -OCH3 is 1. The van der Waals surface area contributed by atoms with Gasteiger partial charge in [0.1, 0.15) is 5.69 Å². The zero-order valence-corrected chi connectivity index (χ0v) is 11.9. The van der Waals surface area contributed by atoms with E-state index < -0.39 is 5.97 Å². The molecule has 1 aromatic rings. The van der Waals surface area contributed by atoms with Gasteiger partial charge in [0, 0.05) is 6.20 Å². The molecule has 6 nitrogen and oxygen atoms in total. The Kier molecular flexibility index (Phi) is 7.92. The summed E-state index contributed by atoms with van der Waals surface area (Å²) in [6.45, 7) is 7.94. The first kappa shape index (κ1) is 16.9. The van der Waals surface area contributed by atoms with Crippen LogP contribution in [0.2, 0.25) is 0 Å². The number of pyridine rings is 1. The molecule has 1 aromatic heterocycles. The van der Waals surface area contributed by atoms with E-state index in [2.05, 4.69) is 15.0 Å². The third-order valence-corrected chi connectivity index (χ3v) is 1.89. The number of hydrogen-bond acceptors (Lipinski definition) is 5. The van der Waals surface area contributed by atoms with Gasteiger partial charge in [-0.2, -0.15) is 0 Å². The first-order valence-electron chi connectivity index (χ1n) is 6.21. The average Bonchev–Trinajstić information content (AvgIpc) is 2.49. The molecule has 0 fully saturated rings. The van der Waals surface area contributed by atoms with Gasteiger partial charge in [-0.15, -0.1) is 0 Å². The smallest absolute Gasteiger partial charge is 0.339 e. The number of nitrogens with zero attached hydrogens (tertiary/aromatic N) is 1. The number of amides is 1. The molecule has 0 aliphatic carbocycles. The summed E-state index contributed by atoms with van der Waals surface area (Å²) in [4.78, 5) is 26.0. The number of carbonyl (C=O) groups excluding carboxylic acids is 2. The maximum absolute atomic E-state index is 11.2. The second kappa shape index (κ2) is 8.91. The number of fused-ring (bicyclic) bond motifs is 1. The van der Waals surface area contributed by atoms with Crippen molar-refractivity contribution in [2.75, 3.05) is 19.0 Å².